The summed E-state index contributed by atoms with van der Waals surface area (Å²) < 4.78 is 5.15. The molecule has 1 atom stereocenters. The van der Waals surface area contributed by atoms with Gasteiger partial charge in [0.05, 0.1) is 5.41 Å². The van der Waals surface area contributed by atoms with Gasteiger partial charge in [-0.15, -0.1) is 0 Å². The fourth-order valence-corrected chi connectivity index (χ4v) is 0.811. The van der Waals surface area contributed by atoms with E-state index in [4.69, 9.17) is 14.5 Å². The van der Waals surface area contributed by atoms with Crippen molar-refractivity contribution >= 4 is 5.97 Å². The Morgan fingerprint density at radius 2 is 2.00 bits per heavy atom. The molecule has 100 valence electrons. The van der Waals surface area contributed by atoms with Gasteiger partial charge in [-0.2, -0.15) is 0 Å². The van der Waals surface area contributed by atoms with Gasteiger partial charge in [-0.1, -0.05) is 19.1 Å². The van der Waals surface area contributed by atoms with E-state index in [1.807, 2.05) is 27.7 Å². The van der Waals surface area contributed by atoms with Crippen LogP contribution in [0.15, 0.2) is 12.2 Å². The lowest BCUT2D eigenvalue weighted by Crippen LogP contribution is -2.29. The first-order valence-electron chi connectivity index (χ1n) is 5.89. The molecule has 1 unspecified atom stereocenters. The number of esters is 1. The molecular weight excluding hydrogens is 220 g/mol. The fraction of sp³-hybridized carbons (Fsp3) is 0.769. The monoisotopic (exact) mass is 244 g/mol. The molecule has 4 heteroatoms. The first kappa shape index (κ1) is 16.1. The highest BCUT2D eigenvalue weighted by Gasteiger charge is 2.27. The zero-order valence-electron chi connectivity index (χ0n) is 11.5. The van der Waals surface area contributed by atoms with Crippen LogP contribution in [0.5, 0.6) is 0 Å². The second kappa shape index (κ2) is 7.45. The fourth-order valence-electron chi connectivity index (χ4n) is 0.811. The summed E-state index contributed by atoms with van der Waals surface area (Å²) in [4.78, 5) is 21.6. The molecule has 0 spiro atoms. The number of hydrogen-bond acceptors (Lipinski definition) is 4. The zero-order valence-corrected chi connectivity index (χ0v) is 11.5. The highest BCUT2D eigenvalue weighted by Crippen LogP contribution is 2.21. The molecule has 0 rings (SSSR count). The maximum Gasteiger partial charge on any atom is 0.311 e. The van der Waals surface area contributed by atoms with Crippen LogP contribution in [0.3, 0.4) is 0 Å². The average Bonchev–Trinajstić information content (AvgIpc) is 2.25. The normalized spacial score (nSPS) is 13.2. The van der Waals surface area contributed by atoms with E-state index in [1.165, 1.54) is 0 Å². The van der Waals surface area contributed by atoms with Gasteiger partial charge in [0.15, 0.2) is 0 Å². The highest BCUT2D eigenvalue weighted by molar-refractivity contribution is 5.75. The van der Waals surface area contributed by atoms with Crippen molar-refractivity contribution in [1.82, 2.24) is 0 Å². The van der Waals surface area contributed by atoms with E-state index in [-0.39, 0.29) is 18.7 Å². The molecule has 0 saturated heterocycles. The lowest BCUT2D eigenvalue weighted by molar-refractivity contribution is -0.319. The largest absolute Gasteiger partial charge is 0.462 e. The summed E-state index contributed by atoms with van der Waals surface area (Å²) in [7, 11) is 0. The Balaban J connectivity index is 3.80. The standard InChI is InChI=1S/C13H24O4/c1-7-13(5,6)12(14)15-9-11(4)17-16-8-10(2)3/h11H,2,7-9H2,1,3-6H3. The third kappa shape index (κ3) is 7.13. The minimum atomic E-state index is -0.446. The lowest BCUT2D eigenvalue weighted by atomic mass is 9.91. The van der Waals surface area contributed by atoms with Crippen LogP contribution in [0, 0.1) is 5.41 Å². The first-order chi connectivity index (χ1) is 7.79. The summed E-state index contributed by atoms with van der Waals surface area (Å²) in [6, 6.07) is 0. The van der Waals surface area contributed by atoms with Gasteiger partial charge in [0, 0.05) is 0 Å². The van der Waals surface area contributed by atoms with Gasteiger partial charge in [0.2, 0.25) is 0 Å². The molecule has 0 aromatic heterocycles. The average molecular weight is 244 g/mol. The Morgan fingerprint density at radius 1 is 1.41 bits per heavy atom. The van der Waals surface area contributed by atoms with Crippen LogP contribution in [0.2, 0.25) is 0 Å². The predicted molar refractivity (Wildman–Crippen MR) is 66.3 cm³/mol. The van der Waals surface area contributed by atoms with E-state index >= 15 is 0 Å². The van der Waals surface area contributed by atoms with E-state index < -0.39 is 5.41 Å². The molecule has 0 aliphatic heterocycles. The van der Waals surface area contributed by atoms with Crippen LogP contribution < -0.4 is 0 Å². The van der Waals surface area contributed by atoms with E-state index in [9.17, 15) is 4.79 Å². The molecule has 0 bridgehead atoms. The first-order valence-corrected chi connectivity index (χ1v) is 5.89. The summed E-state index contributed by atoms with van der Waals surface area (Å²) >= 11 is 0. The van der Waals surface area contributed by atoms with Crippen molar-refractivity contribution in [2.24, 2.45) is 5.41 Å². The van der Waals surface area contributed by atoms with Crippen molar-refractivity contribution < 1.29 is 19.3 Å². The van der Waals surface area contributed by atoms with Gasteiger partial charge in [-0.05, 0) is 34.1 Å². The van der Waals surface area contributed by atoms with Crippen LogP contribution in [0.25, 0.3) is 0 Å². The lowest BCUT2D eigenvalue weighted by Gasteiger charge is -2.21. The van der Waals surface area contributed by atoms with Gasteiger partial charge in [-0.25, -0.2) is 9.78 Å². The quantitative estimate of drug-likeness (QED) is 0.285. The van der Waals surface area contributed by atoms with E-state index in [0.29, 0.717) is 6.61 Å². The van der Waals surface area contributed by atoms with Crippen molar-refractivity contribution in [2.45, 2.75) is 47.1 Å². The topological polar surface area (TPSA) is 44.8 Å². The Labute approximate surface area is 104 Å². The molecule has 4 nitrogen and oxygen atoms in total. The molecule has 0 N–H and O–H groups in total. The van der Waals surface area contributed by atoms with Crippen molar-refractivity contribution in [3.05, 3.63) is 12.2 Å². The Hall–Kier alpha value is -0.870. The molecule has 0 amide bonds. The molecule has 0 heterocycles. The smallest absolute Gasteiger partial charge is 0.311 e. The predicted octanol–water partition coefficient (Wildman–Crippen LogP) is 2.88. The summed E-state index contributed by atoms with van der Waals surface area (Å²) in [6.07, 6.45) is 0.457. The minimum Gasteiger partial charge on any atom is -0.462 e. The number of carbonyl (C=O) groups excluding carboxylic acids is 1. The zero-order chi connectivity index (χ0) is 13.5. The molecule has 17 heavy (non-hydrogen) atoms. The summed E-state index contributed by atoms with van der Waals surface area (Å²) in [5.74, 6) is -0.213. The van der Waals surface area contributed by atoms with Crippen LogP contribution >= 0.6 is 0 Å². The second-order valence-corrected chi connectivity index (χ2v) is 4.96. The Morgan fingerprint density at radius 3 is 2.47 bits per heavy atom. The van der Waals surface area contributed by atoms with Crippen molar-refractivity contribution in [1.29, 1.82) is 0 Å². The van der Waals surface area contributed by atoms with Gasteiger partial charge < -0.3 is 4.74 Å². The van der Waals surface area contributed by atoms with Crippen LogP contribution in [-0.4, -0.2) is 25.3 Å². The molecule has 0 aromatic carbocycles. The van der Waals surface area contributed by atoms with E-state index in [1.54, 1.807) is 6.92 Å². The summed E-state index contributed by atoms with van der Waals surface area (Å²) in [6.45, 7) is 13.5. The van der Waals surface area contributed by atoms with Crippen molar-refractivity contribution in [2.75, 3.05) is 13.2 Å². The second-order valence-electron chi connectivity index (χ2n) is 4.96. The van der Waals surface area contributed by atoms with Gasteiger partial charge in [-0.3, -0.25) is 4.79 Å². The minimum absolute atomic E-state index is 0.193. The Kier molecular flexibility index (Phi) is 7.07. The van der Waals surface area contributed by atoms with Crippen molar-refractivity contribution in [3.8, 4) is 0 Å². The highest BCUT2D eigenvalue weighted by atomic mass is 17.2. The third-order valence-electron chi connectivity index (χ3n) is 2.42. The van der Waals surface area contributed by atoms with Crippen LogP contribution in [0.1, 0.15) is 41.0 Å². The number of carbonyl (C=O) groups is 1. The van der Waals surface area contributed by atoms with E-state index in [0.717, 1.165) is 12.0 Å². The summed E-state index contributed by atoms with van der Waals surface area (Å²) in [5, 5.41) is 0. The Bertz CT molecular complexity index is 258. The maximum atomic E-state index is 11.6. The molecular formula is C13H24O4. The van der Waals surface area contributed by atoms with Gasteiger partial charge >= 0.3 is 5.97 Å². The van der Waals surface area contributed by atoms with Crippen LogP contribution in [0.4, 0.5) is 0 Å². The SMILES string of the molecule is C=C(C)COOC(C)COC(=O)C(C)(C)CC. The van der Waals surface area contributed by atoms with Crippen LogP contribution in [-0.2, 0) is 19.3 Å². The number of rotatable bonds is 8. The molecule has 0 aliphatic carbocycles. The molecule has 0 saturated carbocycles. The van der Waals surface area contributed by atoms with E-state index in [2.05, 4.69) is 6.58 Å². The summed E-state index contributed by atoms with van der Waals surface area (Å²) in [5.41, 5.74) is 0.430. The molecule has 0 fully saturated rings. The maximum absolute atomic E-state index is 11.6. The third-order valence-corrected chi connectivity index (χ3v) is 2.42. The molecule has 0 radical (unpaired) electrons. The van der Waals surface area contributed by atoms with Crippen molar-refractivity contribution in [3.63, 3.8) is 0 Å². The number of ether oxygens (including phenoxy) is 1. The number of hydrogen-bond donors (Lipinski definition) is 0. The molecule has 0 aliphatic rings. The molecule has 0 aromatic rings. The van der Waals surface area contributed by atoms with Gasteiger partial charge in [0.25, 0.3) is 0 Å². The van der Waals surface area contributed by atoms with Gasteiger partial charge in [0.1, 0.15) is 19.3 Å².